The number of amides is 2. The number of benzene rings is 3. The fourth-order valence-corrected chi connectivity index (χ4v) is 6.56. The van der Waals surface area contributed by atoms with Crippen LogP contribution in [-0.2, 0) is 26.2 Å². The summed E-state index contributed by atoms with van der Waals surface area (Å²) in [4.78, 5) is 29.0. The Morgan fingerprint density at radius 1 is 0.884 bits per heavy atom. The number of carbonyl (C=O) groups is 2. The first kappa shape index (κ1) is 31.7. The quantitative estimate of drug-likeness (QED) is 0.306. The van der Waals surface area contributed by atoms with E-state index >= 15 is 0 Å². The van der Waals surface area contributed by atoms with Crippen molar-refractivity contribution in [1.29, 1.82) is 0 Å². The highest BCUT2D eigenvalue weighted by Gasteiger charge is 2.34. The molecule has 1 aliphatic rings. The number of carbonyl (C=O) groups excluding carboxylic acids is 2. The van der Waals surface area contributed by atoms with Crippen LogP contribution < -0.4 is 23.8 Å². The lowest BCUT2D eigenvalue weighted by Crippen LogP contribution is -2.52. The van der Waals surface area contributed by atoms with Crippen molar-refractivity contribution in [3.8, 4) is 17.2 Å². The van der Waals surface area contributed by atoms with Gasteiger partial charge in [0.1, 0.15) is 29.8 Å². The van der Waals surface area contributed by atoms with E-state index in [9.17, 15) is 18.0 Å². The van der Waals surface area contributed by atoms with Crippen LogP contribution in [0.15, 0.2) is 77.7 Å². The second-order valence-electron chi connectivity index (χ2n) is 10.4. The van der Waals surface area contributed by atoms with E-state index in [0.717, 1.165) is 35.6 Å². The van der Waals surface area contributed by atoms with E-state index in [1.807, 2.05) is 12.1 Å². The van der Waals surface area contributed by atoms with Crippen LogP contribution in [0.4, 0.5) is 5.69 Å². The number of nitrogens with one attached hydrogen (secondary N) is 1. The van der Waals surface area contributed by atoms with Crippen molar-refractivity contribution in [2.75, 3.05) is 32.2 Å². The lowest BCUT2D eigenvalue weighted by atomic mass is 10.1. The number of hydrogen-bond donors (Lipinski definition) is 1. The highest BCUT2D eigenvalue weighted by Crippen LogP contribution is 2.36. The smallest absolute Gasteiger partial charge is 0.264 e. The zero-order valence-corrected chi connectivity index (χ0v) is 25.8. The Hall–Kier alpha value is -4.25. The van der Waals surface area contributed by atoms with Gasteiger partial charge in [0.2, 0.25) is 11.8 Å². The van der Waals surface area contributed by atoms with Crippen LogP contribution in [0.25, 0.3) is 0 Å². The van der Waals surface area contributed by atoms with Gasteiger partial charge < -0.3 is 24.4 Å². The Morgan fingerprint density at radius 2 is 1.51 bits per heavy atom. The average molecular weight is 610 g/mol. The van der Waals surface area contributed by atoms with Crippen molar-refractivity contribution < 1.29 is 32.2 Å². The monoisotopic (exact) mass is 609 g/mol. The number of methoxy groups -OCH3 is 3. The molecule has 0 bridgehead atoms. The van der Waals surface area contributed by atoms with Crippen molar-refractivity contribution in [1.82, 2.24) is 10.2 Å². The molecule has 1 atom stereocenters. The second kappa shape index (κ2) is 14.3. The average Bonchev–Trinajstić information content (AvgIpc) is 3.55. The predicted octanol–water partition coefficient (Wildman–Crippen LogP) is 4.38. The Labute approximate surface area is 253 Å². The first-order valence-electron chi connectivity index (χ1n) is 14.2. The molecule has 4 rings (SSSR count). The van der Waals surface area contributed by atoms with Gasteiger partial charge in [-0.3, -0.25) is 13.9 Å². The summed E-state index contributed by atoms with van der Waals surface area (Å²) in [5, 5.41) is 3.07. The van der Waals surface area contributed by atoms with Crippen molar-refractivity contribution in [2.24, 2.45) is 0 Å². The van der Waals surface area contributed by atoms with Crippen molar-refractivity contribution in [3.05, 3.63) is 78.4 Å². The maximum atomic E-state index is 14.2. The number of rotatable bonds is 13. The molecule has 0 unspecified atom stereocenters. The summed E-state index contributed by atoms with van der Waals surface area (Å²) in [5.74, 6) is 0.427. The summed E-state index contributed by atoms with van der Waals surface area (Å²) in [5.41, 5.74) is 0.887. The van der Waals surface area contributed by atoms with E-state index in [1.165, 1.54) is 37.3 Å². The molecule has 1 saturated carbocycles. The van der Waals surface area contributed by atoms with Crippen LogP contribution in [0, 0.1) is 0 Å². The number of sulfonamides is 1. The first-order chi connectivity index (χ1) is 20.7. The summed E-state index contributed by atoms with van der Waals surface area (Å²) < 4.78 is 45.3. The lowest BCUT2D eigenvalue weighted by Gasteiger charge is -2.33. The molecule has 11 heteroatoms. The molecule has 43 heavy (non-hydrogen) atoms. The molecule has 0 aromatic heterocycles. The third-order valence-electron chi connectivity index (χ3n) is 7.65. The van der Waals surface area contributed by atoms with Crippen LogP contribution in [0.5, 0.6) is 17.2 Å². The summed E-state index contributed by atoms with van der Waals surface area (Å²) in [7, 11) is 0.200. The van der Waals surface area contributed by atoms with Crippen LogP contribution in [0.1, 0.15) is 38.2 Å². The molecule has 230 valence electrons. The van der Waals surface area contributed by atoms with Crippen molar-refractivity contribution in [3.63, 3.8) is 0 Å². The van der Waals surface area contributed by atoms with Gasteiger partial charge in [-0.15, -0.1) is 0 Å². The van der Waals surface area contributed by atoms with Crippen molar-refractivity contribution >= 4 is 27.5 Å². The van der Waals surface area contributed by atoms with Gasteiger partial charge >= 0.3 is 0 Å². The Balaban J connectivity index is 1.74. The fourth-order valence-electron chi connectivity index (χ4n) is 5.13. The highest BCUT2D eigenvalue weighted by molar-refractivity contribution is 7.92. The molecule has 0 saturated heterocycles. The topological polar surface area (TPSA) is 114 Å². The van der Waals surface area contributed by atoms with E-state index in [-0.39, 0.29) is 34.8 Å². The first-order valence-corrected chi connectivity index (χ1v) is 15.6. The van der Waals surface area contributed by atoms with Gasteiger partial charge in [-0.25, -0.2) is 8.42 Å². The van der Waals surface area contributed by atoms with E-state index < -0.39 is 28.5 Å². The predicted molar refractivity (Wildman–Crippen MR) is 164 cm³/mol. The second-order valence-corrected chi connectivity index (χ2v) is 12.3. The van der Waals surface area contributed by atoms with Crippen LogP contribution >= 0.6 is 0 Å². The van der Waals surface area contributed by atoms with Crippen LogP contribution in [-0.4, -0.2) is 65.1 Å². The van der Waals surface area contributed by atoms with E-state index in [4.69, 9.17) is 14.2 Å². The van der Waals surface area contributed by atoms with E-state index in [2.05, 4.69) is 5.32 Å². The van der Waals surface area contributed by atoms with Crippen LogP contribution in [0.2, 0.25) is 0 Å². The van der Waals surface area contributed by atoms with Gasteiger partial charge in [0.05, 0.1) is 31.9 Å². The highest BCUT2D eigenvalue weighted by atomic mass is 32.2. The zero-order valence-electron chi connectivity index (χ0n) is 25.0. The Bertz CT molecular complexity index is 1490. The fraction of sp³-hybridized carbons (Fsp3) is 0.375. The van der Waals surface area contributed by atoms with Gasteiger partial charge in [0.15, 0.2) is 0 Å². The molecule has 10 nitrogen and oxygen atoms in total. The molecule has 0 heterocycles. The zero-order chi connectivity index (χ0) is 31.0. The summed E-state index contributed by atoms with van der Waals surface area (Å²) in [6.45, 7) is 1.16. The molecule has 0 spiro atoms. The molecule has 2 amide bonds. The lowest BCUT2D eigenvalue weighted by molar-refractivity contribution is -0.139. The van der Waals surface area contributed by atoms with E-state index in [0.29, 0.717) is 11.5 Å². The minimum Gasteiger partial charge on any atom is -0.497 e. The molecule has 0 aliphatic heterocycles. The van der Waals surface area contributed by atoms with Crippen molar-refractivity contribution in [2.45, 2.75) is 56.1 Å². The third-order valence-corrected chi connectivity index (χ3v) is 9.42. The molecule has 1 fully saturated rings. The number of anilines is 1. The summed E-state index contributed by atoms with van der Waals surface area (Å²) in [6.07, 6.45) is 3.87. The molecule has 1 N–H and O–H groups in total. The third kappa shape index (κ3) is 7.59. The maximum Gasteiger partial charge on any atom is 0.264 e. The SMILES string of the molecule is COc1ccc(CN(C(=O)CN(c2cc(OC)ccc2OC)S(=O)(=O)c2ccccc2)[C@H](C)C(=O)NC2CCCC2)cc1. The van der Waals surface area contributed by atoms with E-state index in [1.54, 1.807) is 56.5 Å². The summed E-state index contributed by atoms with van der Waals surface area (Å²) in [6, 6.07) is 19.0. The summed E-state index contributed by atoms with van der Waals surface area (Å²) >= 11 is 0. The standard InChI is InChI=1S/C32H39N3O7S/c1-23(32(37)33-25-10-8-9-11-25)34(21-24-14-16-26(40-2)17-15-24)31(36)22-35(43(38,39)28-12-6-5-7-13-28)29-20-27(41-3)18-19-30(29)42-4/h5-7,12-20,23,25H,8-11,21-22H2,1-4H3,(H,33,37)/t23-/m1/s1. The minimum absolute atomic E-state index is 0.00130. The molecule has 1 aliphatic carbocycles. The minimum atomic E-state index is -4.25. The maximum absolute atomic E-state index is 14.2. The van der Waals surface area contributed by atoms with Crippen LogP contribution in [0.3, 0.4) is 0 Å². The number of hydrogen-bond acceptors (Lipinski definition) is 7. The molecular formula is C32H39N3O7S. The molecular weight excluding hydrogens is 570 g/mol. The normalized spacial score (nSPS) is 14.0. The van der Waals surface area contributed by atoms with Gasteiger partial charge in [-0.2, -0.15) is 0 Å². The molecule has 0 radical (unpaired) electrons. The Kier molecular flexibility index (Phi) is 10.5. The Morgan fingerprint density at radius 3 is 2.12 bits per heavy atom. The van der Waals surface area contributed by atoms with Gasteiger partial charge in [-0.1, -0.05) is 43.2 Å². The molecule has 3 aromatic rings. The van der Waals surface area contributed by atoms with Gasteiger partial charge in [0, 0.05) is 18.7 Å². The van der Waals surface area contributed by atoms with Gasteiger partial charge in [0.25, 0.3) is 10.0 Å². The largest absolute Gasteiger partial charge is 0.497 e. The van der Waals surface area contributed by atoms with Gasteiger partial charge in [-0.05, 0) is 61.7 Å². The number of nitrogens with zero attached hydrogens (tertiary/aromatic N) is 2. The number of ether oxygens (including phenoxy) is 3. The molecule has 3 aromatic carbocycles.